The lowest BCUT2D eigenvalue weighted by Gasteiger charge is -2.20. The molecule has 25 heavy (non-hydrogen) atoms. The number of rotatable bonds is 8. The number of amides is 2. The van der Waals surface area contributed by atoms with Crippen molar-refractivity contribution < 1.29 is 29.0 Å². The van der Waals surface area contributed by atoms with Gasteiger partial charge in [-0.1, -0.05) is 12.1 Å². The smallest absolute Gasteiger partial charge is 0.326 e. The fourth-order valence-electron chi connectivity index (χ4n) is 2.75. The van der Waals surface area contributed by atoms with Crippen LogP contribution in [0.25, 0.3) is 0 Å². The molecule has 8 nitrogen and oxygen atoms in total. The summed E-state index contributed by atoms with van der Waals surface area (Å²) < 4.78 is 10.1. The van der Waals surface area contributed by atoms with Gasteiger partial charge in [0.25, 0.3) is 0 Å². The van der Waals surface area contributed by atoms with Gasteiger partial charge in [0.2, 0.25) is 11.8 Å². The maximum Gasteiger partial charge on any atom is 0.326 e. The van der Waals surface area contributed by atoms with Crippen molar-refractivity contribution in [2.75, 3.05) is 32.3 Å². The van der Waals surface area contributed by atoms with Gasteiger partial charge in [-0.3, -0.25) is 9.59 Å². The molecule has 1 aliphatic rings. The van der Waals surface area contributed by atoms with Crippen molar-refractivity contribution >= 4 is 23.5 Å². The van der Waals surface area contributed by atoms with E-state index in [1.807, 2.05) is 0 Å². The number of carbonyl (C=O) groups is 3. The summed E-state index contributed by atoms with van der Waals surface area (Å²) in [5.41, 5.74) is 0.597. The van der Waals surface area contributed by atoms with Gasteiger partial charge in [0.15, 0.2) is 0 Å². The quantitative estimate of drug-likeness (QED) is 0.713. The molecule has 1 aliphatic heterocycles. The summed E-state index contributed by atoms with van der Waals surface area (Å²) in [7, 11) is 2.97. The van der Waals surface area contributed by atoms with Gasteiger partial charge in [0, 0.05) is 33.1 Å². The normalized spacial score (nSPS) is 18.1. The summed E-state index contributed by atoms with van der Waals surface area (Å²) in [6, 6.07) is 6.02. The monoisotopic (exact) mass is 350 g/mol. The second kappa shape index (κ2) is 8.48. The number of hydrogen-bond acceptors (Lipinski definition) is 5. The molecule has 2 atom stereocenters. The average Bonchev–Trinajstić information content (AvgIpc) is 2.99. The molecule has 8 heteroatoms. The summed E-state index contributed by atoms with van der Waals surface area (Å²) in [4.78, 5) is 37.4. The first-order valence-electron chi connectivity index (χ1n) is 7.93. The van der Waals surface area contributed by atoms with Gasteiger partial charge < -0.3 is 24.8 Å². The molecule has 1 fully saturated rings. The lowest BCUT2D eigenvalue weighted by atomic mass is 10.1. The van der Waals surface area contributed by atoms with Crippen molar-refractivity contribution in [3.63, 3.8) is 0 Å². The van der Waals surface area contributed by atoms with Gasteiger partial charge in [-0.25, -0.2) is 4.79 Å². The zero-order chi connectivity index (χ0) is 18.4. The van der Waals surface area contributed by atoms with Crippen molar-refractivity contribution in [2.24, 2.45) is 5.92 Å². The number of carboxylic acids is 1. The van der Waals surface area contributed by atoms with Crippen LogP contribution in [0.4, 0.5) is 5.69 Å². The van der Waals surface area contributed by atoms with Gasteiger partial charge in [0.05, 0.1) is 18.7 Å². The third-order valence-electron chi connectivity index (χ3n) is 4.10. The number of para-hydroxylation sites is 2. The molecule has 1 aromatic rings. The summed E-state index contributed by atoms with van der Waals surface area (Å²) in [6.45, 7) is 0.399. The molecule has 2 N–H and O–H groups in total. The Bertz CT molecular complexity index is 648. The van der Waals surface area contributed by atoms with Crippen molar-refractivity contribution in [3.05, 3.63) is 24.3 Å². The summed E-state index contributed by atoms with van der Waals surface area (Å²) in [5, 5.41) is 11.7. The molecule has 0 aromatic heterocycles. The van der Waals surface area contributed by atoms with Crippen LogP contribution < -0.4 is 15.0 Å². The van der Waals surface area contributed by atoms with Crippen molar-refractivity contribution in [3.8, 4) is 5.75 Å². The SMILES string of the molecule is COCCC(NC(=O)C1CC(=O)N(c2ccccc2OC)C1)C(=O)O. The highest BCUT2D eigenvalue weighted by Crippen LogP contribution is 2.32. The highest BCUT2D eigenvalue weighted by Gasteiger charge is 2.37. The van der Waals surface area contributed by atoms with Crippen LogP contribution in [0, 0.1) is 5.92 Å². The Morgan fingerprint density at radius 2 is 2.08 bits per heavy atom. The molecule has 0 bridgehead atoms. The number of nitrogens with one attached hydrogen (secondary N) is 1. The number of carbonyl (C=O) groups excluding carboxylic acids is 2. The molecule has 1 saturated heterocycles. The van der Waals surface area contributed by atoms with Crippen LogP contribution in [0.15, 0.2) is 24.3 Å². The van der Waals surface area contributed by atoms with E-state index >= 15 is 0 Å². The van der Waals surface area contributed by atoms with Crippen LogP contribution in [0.1, 0.15) is 12.8 Å². The summed E-state index contributed by atoms with van der Waals surface area (Å²) in [5.74, 6) is -1.85. The van der Waals surface area contributed by atoms with E-state index in [1.54, 1.807) is 24.3 Å². The Balaban J connectivity index is 2.06. The van der Waals surface area contributed by atoms with Crippen LogP contribution in [0.3, 0.4) is 0 Å². The zero-order valence-electron chi connectivity index (χ0n) is 14.2. The largest absolute Gasteiger partial charge is 0.495 e. The third kappa shape index (κ3) is 4.48. The highest BCUT2D eigenvalue weighted by atomic mass is 16.5. The molecule has 1 aromatic carbocycles. The summed E-state index contributed by atoms with van der Waals surface area (Å²) >= 11 is 0. The molecule has 0 saturated carbocycles. The van der Waals surface area contributed by atoms with Crippen molar-refractivity contribution in [1.82, 2.24) is 5.32 Å². The number of anilines is 1. The molecule has 136 valence electrons. The minimum absolute atomic E-state index is 0.0283. The van der Waals surface area contributed by atoms with E-state index in [-0.39, 0.29) is 31.9 Å². The van der Waals surface area contributed by atoms with Crippen LogP contribution in [0.5, 0.6) is 5.75 Å². The third-order valence-corrected chi connectivity index (χ3v) is 4.10. The van der Waals surface area contributed by atoms with E-state index in [4.69, 9.17) is 9.47 Å². The molecular weight excluding hydrogens is 328 g/mol. The zero-order valence-corrected chi connectivity index (χ0v) is 14.2. The lowest BCUT2D eigenvalue weighted by molar-refractivity contribution is -0.142. The number of carboxylic acid groups (broad SMARTS) is 1. The Hall–Kier alpha value is -2.61. The predicted molar refractivity (Wildman–Crippen MR) is 89.5 cm³/mol. The second-order valence-corrected chi connectivity index (χ2v) is 5.76. The molecule has 1 heterocycles. The first kappa shape index (κ1) is 18.7. The number of nitrogens with zero attached hydrogens (tertiary/aromatic N) is 1. The molecular formula is C17H22N2O6. The fraction of sp³-hybridized carbons (Fsp3) is 0.471. The molecule has 0 spiro atoms. The average molecular weight is 350 g/mol. The fourth-order valence-corrected chi connectivity index (χ4v) is 2.75. The minimum atomic E-state index is -1.13. The molecule has 2 unspecified atom stereocenters. The Morgan fingerprint density at radius 1 is 1.36 bits per heavy atom. The van der Waals surface area contributed by atoms with Crippen LogP contribution in [-0.4, -0.2) is 56.3 Å². The number of benzene rings is 1. The Labute approximate surface area is 145 Å². The van der Waals surface area contributed by atoms with Gasteiger partial charge in [0.1, 0.15) is 11.8 Å². The van der Waals surface area contributed by atoms with E-state index in [1.165, 1.54) is 19.1 Å². The Morgan fingerprint density at radius 3 is 2.72 bits per heavy atom. The molecule has 0 aliphatic carbocycles. The van der Waals surface area contributed by atoms with E-state index < -0.39 is 23.8 Å². The Kier molecular flexibility index (Phi) is 6.35. The van der Waals surface area contributed by atoms with E-state index in [2.05, 4.69) is 5.32 Å². The standard InChI is InChI=1S/C17H22N2O6/c1-24-8-7-12(17(22)23)18-16(21)11-9-15(20)19(10-11)13-5-3-4-6-14(13)25-2/h3-6,11-12H,7-10H2,1-2H3,(H,18,21)(H,22,23). The topological polar surface area (TPSA) is 105 Å². The van der Waals surface area contributed by atoms with Gasteiger partial charge in [-0.15, -0.1) is 0 Å². The molecule has 2 rings (SSSR count). The highest BCUT2D eigenvalue weighted by molar-refractivity contribution is 6.01. The first-order chi connectivity index (χ1) is 12.0. The number of ether oxygens (including phenoxy) is 2. The van der Waals surface area contributed by atoms with Gasteiger partial charge in [-0.2, -0.15) is 0 Å². The van der Waals surface area contributed by atoms with Crippen LogP contribution in [0.2, 0.25) is 0 Å². The number of hydrogen-bond donors (Lipinski definition) is 2. The lowest BCUT2D eigenvalue weighted by Crippen LogP contribution is -2.44. The van der Waals surface area contributed by atoms with Crippen LogP contribution in [-0.2, 0) is 19.1 Å². The van der Waals surface area contributed by atoms with Crippen molar-refractivity contribution in [2.45, 2.75) is 18.9 Å². The van der Waals surface area contributed by atoms with Crippen LogP contribution >= 0.6 is 0 Å². The molecule has 0 radical (unpaired) electrons. The van der Waals surface area contributed by atoms with E-state index in [0.717, 1.165) is 0 Å². The minimum Gasteiger partial charge on any atom is -0.495 e. The maximum atomic E-state index is 12.4. The second-order valence-electron chi connectivity index (χ2n) is 5.76. The van der Waals surface area contributed by atoms with E-state index in [9.17, 15) is 19.5 Å². The van der Waals surface area contributed by atoms with E-state index in [0.29, 0.717) is 11.4 Å². The number of methoxy groups -OCH3 is 2. The number of aliphatic carboxylic acids is 1. The van der Waals surface area contributed by atoms with Gasteiger partial charge >= 0.3 is 5.97 Å². The maximum absolute atomic E-state index is 12.4. The van der Waals surface area contributed by atoms with Crippen molar-refractivity contribution in [1.29, 1.82) is 0 Å². The predicted octanol–water partition coefficient (Wildman–Crippen LogP) is 0.654. The van der Waals surface area contributed by atoms with Gasteiger partial charge in [-0.05, 0) is 12.1 Å². The summed E-state index contributed by atoms with van der Waals surface area (Å²) in [6.07, 6.45) is 0.189. The molecule has 2 amide bonds. The first-order valence-corrected chi connectivity index (χ1v) is 7.93.